The molecule has 0 spiro atoms. The van der Waals surface area contributed by atoms with Gasteiger partial charge in [0.15, 0.2) is 0 Å². The van der Waals surface area contributed by atoms with Gasteiger partial charge in [-0.3, -0.25) is 15.0 Å². The molecule has 0 saturated carbocycles. The molecule has 1 aliphatic rings. The van der Waals surface area contributed by atoms with Crippen LogP contribution in [0.1, 0.15) is 24.4 Å². The second kappa shape index (κ2) is 10.4. The molecule has 1 atom stereocenters. The van der Waals surface area contributed by atoms with E-state index >= 15 is 0 Å². The number of nitro groups is 1. The van der Waals surface area contributed by atoms with Crippen LogP contribution in [-0.4, -0.2) is 41.1 Å². The van der Waals surface area contributed by atoms with Crippen LogP contribution in [0, 0.1) is 10.1 Å². The number of phenolic OH excluding ortho intramolecular Hbond substituents is 1. The first-order valence-corrected chi connectivity index (χ1v) is 7.16. The number of non-ortho nitro benzene ring substituents is 1. The molecular weight excluding hydrogens is 341 g/mol. The smallest absolute Gasteiger partial charge is 0.270 e. The summed E-state index contributed by atoms with van der Waals surface area (Å²) in [6.45, 7) is 7.25. The van der Waals surface area contributed by atoms with Crippen LogP contribution in [-0.2, 0) is 0 Å². The number of allylic oxidation sites excluding steroid dienone is 1. The Morgan fingerprint density at radius 3 is 2.61 bits per heavy atom. The van der Waals surface area contributed by atoms with Crippen molar-refractivity contribution in [1.82, 2.24) is 10.2 Å². The van der Waals surface area contributed by atoms with Gasteiger partial charge in [0.25, 0.3) is 5.69 Å². The zero-order valence-corrected chi connectivity index (χ0v) is 14.4. The molecule has 1 saturated heterocycles. The van der Waals surface area contributed by atoms with Crippen molar-refractivity contribution in [3.8, 4) is 5.75 Å². The van der Waals surface area contributed by atoms with E-state index in [0.29, 0.717) is 5.56 Å². The van der Waals surface area contributed by atoms with Crippen molar-refractivity contribution in [3.63, 3.8) is 0 Å². The third-order valence-corrected chi connectivity index (χ3v) is 3.82. The van der Waals surface area contributed by atoms with Gasteiger partial charge in [-0.2, -0.15) is 0 Å². The van der Waals surface area contributed by atoms with Gasteiger partial charge < -0.3 is 10.4 Å². The Morgan fingerprint density at radius 2 is 2.04 bits per heavy atom. The molecule has 0 amide bonds. The first-order chi connectivity index (χ1) is 10.1. The largest absolute Gasteiger partial charge is 0.508 e. The number of piperazine rings is 1. The molecule has 2 rings (SSSR count). The van der Waals surface area contributed by atoms with E-state index < -0.39 is 4.92 Å². The predicted molar refractivity (Wildman–Crippen MR) is 95.9 cm³/mol. The Hall–Kier alpha value is -1.34. The predicted octanol–water partition coefficient (Wildman–Crippen LogP) is 3.06. The summed E-state index contributed by atoms with van der Waals surface area (Å²) in [7, 11) is 0. The summed E-state index contributed by atoms with van der Waals surface area (Å²) in [5.41, 5.74) is 0.648. The van der Waals surface area contributed by atoms with Crippen LogP contribution < -0.4 is 5.32 Å². The Kier molecular flexibility index (Phi) is 9.83. The molecule has 2 N–H and O–H groups in total. The molecule has 8 heteroatoms. The highest BCUT2D eigenvalue weighted by atomic mass is 35.5. The number of halogens is 2. The number of phenols is 1. The average Bonchev–Trinajstić information content (AvgIpc) is 2.50. The Morgan fingerprint density at radius 1 is 1.39 bits per heavy atom. The van der Waals surface area contributed by atoms with Gasteiger partial charge in [0.05, 0.1) is 4.92 Å². The minimum absolute atomic E-state index is 0. The summed E-state index contributed by atoms with van der Waals surface area (Å²) >= 11 is 0. The van der Waals surface area contributed by atoms with Crippen molar-refractivity contribution in [2.45, 2.75) is 18.9 Å². The Balaban J connectivity index is 0.00000242. The van der Waals surface area contributed by atoms with Gasteiger partial charge in [0, 0.05) is 49.9 Å². The fourth-order valence-corrected chi connectivity index (χ4v) is 2.73. The lowest BCUT2D eigenvalue weighted by atomic mass is 9.98. The molecule has 0 radical (unpaired) electrons. The molecule has 1 aromatic rings. The molecule has 0 aliphatic carbocycles. The van der Waals surface area contributed by atoms with Crippen LogP contribution in [0.5, 0.6) is 5.75 Å². The number of hydrogen-bond acceptors (Lipinski definition) is 5. The summed E-state index contributed by atoms with van der Waals surface area (Å²) in [6.07, 6.45) is 3.43. The van der Waals surface area contributed by atoms with Crippen LogP contribution in [0.25, 0.3) is 0 Å². The number of benzene rings is 1. The number of aromatic hydroxyl groups is 1. The van der Waals surface area contributed by atoms with E-state index in [0.717, 1.165) is 39.0 Å². The van der Waals surface area contributed by atoms with E-state index in [1.54, 1.807) is 0 Å². The van der Waals surface area contributed by atoms with E-state index in [1.807, 2.05) is 6.08 Å². The topological polar surface area (TPSA) is 78.6 Å². The van der Waals surface area contributed by atoms with Crippen molar-refractivity contribution in [1.29, 1.82) is 0 Å². The average molecular weight is 364 g/mol. The van der Waals surface area contributed by atoms with E-state index in [4.69, 9.17) is 0 Å². The van der Waals surface area contributed by atoms with Crippen molar-refractivity contribution < 1.29 is 10.0 Å². The maximum Gasteiger partial charge on any atom is 0.270 e. The van der Waals surface area contributed by atoms with Gasteiger partial charge in [-0.15, -0.1) is 31.4 Å². The third kappa shape index (κ3) is 5.66. The first kappa shape index (κ1) is 21.7. The molecule has 130 valence electrons. The van der Waals surface area contributed by atoms with E-state index in [2.05, 4.69) is 16.8 Å². The van der Waals surface area contributed by atoms with Gasteiger partial charge >= 0.3 is 0 Å². The number of hydrogen-bond donors (Lipinski definition) is 2. The lowest BCUT2D eigenvalue weighted by molar-refractivity contribution is -0.385. The summed E-state index contributed by atoms with van der Waals surface area (Å²) in [4.78, 5) is 12.8. The monoisotopic (exact) mass is 363 g/mol. The molecule has 1 aromatic carbocycles. The highest BCUT2D eigenvalue weighted by Gasteiger charge is 2.25. The Labute approximate surface area is 148 Å². The molecule has 1 fully saturated rings. The zero-order chi connectivity index (χ0) is 15.2. The third-order valence-electron chi connectivity index (χ3n) is 3.82. The van der Waals surface area contributed by atoms with E-state index in [9.17, 15) is 15.2 Å². The lowest BCUT2D eigenvalue weighted by Crippen LogP contribution is -2.45. The van der Waals surface area contributed by atoms with Crippen LogP contribution in [0.2, 0.25) is 0 Å². The van der Waals surface area contributed by atoms with Gasteiger partial charge in [0.1, 0.15) is 5.75 Å². The molecule has 6 nitrogen and oxygen atoms in total. The summed E-state index contributed by atoms with van der Waals surface area (Å²) in [6, 6.07) is 4.22. The second-order valence-electron chi connectivity index (χ2n) is 5.17. The van der Waals surface area contributed by atoms with Crippen LogP contribution >= 0.6 is 24.8 Å². The van der Waals surface area contributed by atoms with E-state index in [-0.39, 0.29) is 42.3 Å². The van der Waals surface area contributed by atoms with Gasteiger partial charge in [0.2, 0.25) is 0 Å². The normalized spacial score (nSPS) is 15.8. The van der Waals surface area contributed by atoms with Gasteiger partial charge in [-0.1, -0.05) is 6.08 Å². The summed E-state index contributed by atoms with van der Waals surface area (Å²) in [5, 5.41) is 24.4. The fourth-order valence-electron chi connectivity index (χ4n) is 2.73. The summed E-state index contributed by atoms with van der Waals surface area (Å²) < 4.78 is 0. The maximum absolute atomic E-state index is 11.0. The van der Waals surface area contributed by atoms with Crippen molar-refractivity contribution in [2.75, 3.05) is 26.2 Å². The SMILES string of the molecule is C=CCC[C@@H](c1cc([N+](=O)[O-])ccc1O)N1CCNCC1.Cl.Cl. The van der Waals surface area contributed by atoms with Crippen LogP contribution in [0.3, 0.4) is 0 Å². The number of rotatable bonds is 6. The number of nitrogens with zero attached hydrogens (tertiary/aromatic N) is 2. The van der Waals surface area contributed by atoms with Crippen LogP contribution in [0.4, 0.5) is 5.69 Å². The number of nitro benzene ring substituents is 1. The van der Waals surface area contributed by atoms with Crippen molar-refractivity contribution in [3.05, 3.63) is 46.5 Å². The lowest BCUT2D eigenvalue weighted by Gasteiger charge is -2.35. The molecular formula is C15H23Cl2N3O3. The van der Waals surface area contributed by atoms with Crippen LogP contribution in [0.15, 0.2) is 30.9 Å². The fraction of sp³-hybridized carbons (Fsp3) is 0.467. The Bertz CT molecular complexity index is 523. The summed E-state index contributed by atoms with van der Waals surface area (Å²) in [5.74, 6) is 0.119. The maximum atomic E-state index is 11.0. The van der Waals surface area contributed by atoms with Gasteiger partial charge in [-0.05, 0) is 18.9 Å². The molecule has 23 heavy (non-hydrogen) atoms. The number of nitrogens with one attached hydrogen (secondary N) is 1. The minimum atomic E-state index is -0.425. The minimum Gasteiger partial charge on any atom is -0.508 e. The molecule has 1 heterocycles. The molecule has 0 aromatic heterocycles. The zero-order valence-electron chi connectivity index (χ0n) is 12.8. The van der Waals surface area contributed by atoms with E-state index in [1.165, 1.54) is 18.2 Å². The standard InChI is InChI=1S/C15H21N3O3.2ClH/c1-2-3-4-14(17-9-7-16-8-10-17)13-11-12(18(20)21)5-6-15(13)19;;/h2,5-6,11,14,16,19H,1,3-4,7-10H2;2*1H/t14-;;/m0../s1. The van der Waals surface area contributed by atoms with Crippen molar-refractivity contribution in [2.24, 2.45) is 0 Å². The molecule has 0 unspecified atom stereocenters. The van der Waals surface area contributed by atoms with Gasteiger partial charge in [-0.25, -0.2) is 0 Å². The quantitative estimate of drug-likeness (QED) is 0.461. The molecule has 0 bridgehead atoms. The second-order valence-corrected chi connectivity index (χ2v) is 5.17. The first-order valence-electron chi connectivity index (χ1n) is 7.16. The highest BCUT2D eigenvalue weighted by Crippen LogP contribution is 2.35. The molecule has 1 aliphatic heterocycles. The van der Waals surface area contributed by atoms with Crippen molar-refractivity contribution >= 4 is 30.5 Å². The highest BCUT2D eigenvalue weighted by molar-refractivity contribution is 5.85.